The maximum atomic E-state index is 12.5. The molecular weight excluding hydrogens is 282 g/mol. The maximum absolute atomic E-state index is 12.5. The number of halogens is 1. The lowest BCUT2D eigenvalue weighted by Crippen LogP contribution is -2.48. The molecule has 2 rings (SSSR count). The molecular formula is C13H16ClN3O3. The number of amides is 1. The van der Waals surface area contributed by atoms with Gasteiger partial charge in [-0.15, -0.1) is 0 Å². The first-order valence-corrected chi connectivity index (χ1v) is 6.78. The molecule has 1 aromatic rings. The van der Waals surface area contributed by atoms with Crippen LogP contribution in [0.4, 0.5) is 5.69 Å². The summed E-state index contributed by atoms with van der Waals surface area (Å²) in [6.07, 6.45) is 1.45. The SMILES string of the molecule is CC1CC(N)CCN1C(=O)c1cc([N+](=O)[O-])ccc1Cl. The first-order chi connectivity index (χ1) is 9.40. The number of nitrogens with zero attached hydrogens (tertiary/aromatic N) is 2. The number of piperidine rings is 1. The Morgan fingerprint density at radius 3 is 2.85 bits per heavy atom. The molecule has 1 aliphatic rings. The van der Waals surface area contributed by atoms with Crippen molar-refractivity contribution in [3.05, 3.63) is 38.9 Å². The zero-order valence-electron chi connectivity index (χ0n) is 11.1. The number of non-ortho nitro benzene ring substituents is 1. The van der Waals surface area contributed by atoms with Crippen LogP contribution in [0.2, 0.25) is 5.02 Å². The summed E-state index contributed by atoms with van der Waals surface area (Å²) in [6.45, 7) is 2.46. The number of carbonyl (C=O) groups excluding carboxylic acids is 1. The van der Waals surface area contributed by atoms with Crippen molar-refractivity contribution in [1.82, 2.24) is 4.90 Å². The zero-order valence-corrected chi connectivity index (χ0v) is 11.8. The molecule has 2 N–H and O–H groups in total. The number of benzene rings is 1. The Kier molecular flexibility index (Phi) is 4.25. The lowest BCUT2D eigenvalue weighted by atomic mass is 9.98. The van der Waals surface area contributed by atoms with Crippen LogP contribution in [-0.2, 0) is 0 Å². The molecule has 0 saturated carbocycles. The molecule has 1 heterocycles. The standard InChI is InChI=1S/C13H16ClN3O3/c1-8-6-9(15)4-5-16(8)13(18)11-7-10(17(19)20)2-3-12(11)14/h2-3,7-9H,4-6,15H2,1H3. The number of nitro groups is 1. The van der Waals surface area contributed by atoms with Gasteiger partial charge in [-0.3, -0.25) is 14.9 Å². The number of rotatable bonds is 2. The summed E-state index contributed by atoms with van der Waals surface area (Å²) in [7, 11) is 0. The minimum absolute atomic E-state index is 0.00146. The minimum atomic E-state index is -0.539. The van der Waals surface area contributed by atoms with Crippen LogP contribution < -0.4 is 5.73 Å². The highest BCUT2D eigenvalue weighted by Gasteiger charge is 2.29. The van der Waals surface area contributed by atoms with Gasteiger partial charge < -0.3 is 10.6 Å². The highest BCUT2D eigenvalue weighted by atomic mass is 35.5. The Labute approximate surface area is 121 Å². The fourth-order valence-electron chi connectivity index (χ4n) is 2.46. The highest BCUT2D eigenvalue weighted by molar-refractivity contribution is 6.33. The van der Waals surface area contributed by atoms with E-state index in [0.29, 0.717) is 6.54 Å². The Balaban J connectivity index is 2.29. The van der Waals surface area contributed by atoms with Crippen molar-refractivity contribution < 1.29 is 9.72 Å². The molecule has 0 bridgehead atoms. The third kappa shape index (κ3) is 2.91. The Hall–Kier alpha value is -1.66. The highest BCUT2D eigenvalue weighted by Crippen LogP contribution is 2.26. The predicted octanol–water partition coefficient (Wildman–Crippen LogP) is 2.20. The average Bonchev–Trinajstić information content (AvgIpc) is 2.38. The van der Waals surface area contributed by atoms with Crippen molar-refractivity contribution in [3.8, 4) is 0 Å². The second-order valence-electron chi connectivity index (χ2n) is 5.05. The van der Waals surface area contributed by atoms with Gasteiger partial charge in [-0.25, -0.2) is 0 Å². The molecule has 7 heteroatoms. The van der Waals surface area contributed by atoms with Crippen LogP contribution in [-0.4, -0.2) is 34.4 Å². The lowest BCUT2D eigenvalue weighted by Gasteiger charge is -2.36. The summed E-state index contributed by atoms with van der Waals surface area (Å²) in [6, 6.07) is 3.99. The molecule has 0 radical (unpaired) electrons. The maximum Gasteiger partial charge on any atom is 0.270 e. The van der Waals surface area contributed by atoms with Gasteiger partial charge in [0.2, 0.25) is 0 Å². The molecule has 2 atom stereocenters. The molecule has 108 valence electrons. The van der Waals surface area contributed by atoms with E-state index in [1.165, 1.54) is 18.2 Å². The Morgan fingerprint density at radius 1 is 1.55 bits per heavy atom. The molecule has 1 fully saturated rings. The van der Waals surface area contributed by atoms with Gasteiger partial charge in [0.1, 0.15) is 0 Å². The molecule has 1 aromatic carbocycles. The van der Waals surface area contributed by atoms with E-state index in [4.69, 9.17) is 17.3 Å². The fraction of sp³-hybridized carbons (Fsp3) is 0.462. The molecule has 0 aromatic heterocycles. The van der Waals surface area contributed by atoms with Crippen LogP contribution in [0.25, 0.3) is 0 Å². The van der Waals surface area contributed by atoms with Gasteiger partial charge in [-0.1, -0.05) is 11.6 Å². The summed E-state index contributed by atoms with van der Waals surface area (Å²) >= 11 is 6.00. The van der Waals surface area contributed by atoms with Crippen molar-refractivity contribution >= 4 is 23.2 Å². The van der Waals surface area contributed by atoms with Crippen LogP contribution in [0.5, 0.6) is 0 Å². The van der Waals surface area contributed by atoms with Crippen molar-refractivity contribution in [1.29, 1.82) is 0 Å². The molecule has 20 heavy (non-hydrogen) atoms. The quantitative estimate of drug-likeness (QED) is 0.669. The number of nitrogens with two attached hydrogens (primary N) is 1. The first-order valence-electron chi connectivity index (χ1n) is 6.40. The molecule has 0 spiro atoms. The van der Waals surface area contributed by atoms with Gasteiger partial charge in [0.05, 0.1) is 15.5 Å². The summed E-state index contributed by atoms with van der Waals surface area (Å²) < 4.78 is 0. The fourth-order valence-corrected chi connectivity index (χ4v) is 2.65. The van der Waals surface area contributed by atoms with Crippen molar-refractivity contribution in [2.24, 2.45) is 5.73 Å². The van der Waals surface area contributed by atoms with Gasteiger partial charge >= 0.3 is 0 Å². The monoisotopic (exact) mass is 297 g/mol. The van der Waals surface area contributed by atoms with Crippen LogP contribution in [0.1, 0.15) is 30.1 Å². The molecule has 1 aliphatic heterocycles. The minimum Gasteiger partial charge on any atom is -0.336 e. The van der Waals surface area contributed by atoms with Crippen LogP contribution in [0, 0.1) is 10.1 Å². The lowest BCUT2D eigenvalue weighted by molar-refractivity contribution is -0.384. The van der Waals surface area contributed by atoms with Crippen molar-refractivity contribution in [2.75, 3.05) is 6.54 Å². The van der Waals surface area contributed by atoms with Crippen LogP contribution in [0.3, 0.4) is 0 Å². The van der Waals surface area contributed by atoms with Crippen LogP contribution in [0.15, 0.2) is 18.2 Å². The summed E-state index contributed by atoms with van der Waals surface area (Å²) in [5.41, 5.74) is 5.90. The Bertz CT molecular complexity index is 550. The van der Waals surface area contributed by atoms with E-state index >= 15 is 0 Å². The van der Waals surface area contributed by atoms with Gasteiger partial charge in [-0.2, -0.15) is 0 Å². The molecule has 0 aliphatic carbocycles. The van der Waals surface area contributed by atoms with E-state index in [2.05, 4.69) is 0 Å². The number of likely N-dealkylation sites (tertiary alicyclic amines) is 1. The third-order valence-electron chi connectivity index (χ3n) is 3.57. The second kappa shape index (κ2) is 5.76. The van der Waals surface area contributed by atoms with E-state index in [0.717, 1.165) is 12.8 Å². The zero-order chi connectivity index (χ0) is 14.9. The topological polar surface area (TPSA) is 89.5 Å². The molecule has 2 unspecified atom stereocenters. The van der Waals surface area contributed by atoms with E-state index in [-0.39, 0.29) is 34.3 Å². The van der Waals surface area contributed by atoms with Gasteiger partial charge in [0, 0.05) is 30.8 Å². The third-order valence-corrected chi connectivity index (χ3v) is 3.90. The Morgan fingerprint density at radius 2 is 2.25 bits per heavy atom. The van der Waals surface area contributed by atoms with E-state index in [1.54, 1.807) is 4.90 Å². The van der Waals surface area contributed by atoms with E-state index in [9.17, 15) is 14.9 Å². The van der Waals surface area contributed by atoms with Crippen LogP contribution >= 0.6 is 11.6 Å². The summed E-state index contributed by atoms with van der Waals surface area (Å²) in [5, 5.41) is 11.0. The average molecular weight is 298 g/mol. The first kappa shape index (κ1) is 14.7. The summed E-state index contributed by atoms with van der Waals surface area (Å²) in [5.74, 6) is -0.280. The smallest absolute Gasteiger partial charge is 0.270 e. The predicted molar refractivity (Wildman–Crippen MR) is 75.8 cm³/mol. The number of hydrogen-bond acceptors (Lipinski definition) is 4. The second-order valence-corrected chi connectivity index (χ2v) is 5.46. The largest absolute Gasteiger partial charge is 0.336 e. The number of hydrogen-bond donors (Lipinski definition) is 1. The van der Waals surface area contributed by atoms with Gasteiger partial charge in [0.15, 0.2) is 0 Å². The van der Waals surface area contributed by atoms with Gasteiger partial charge in [-0.05, 0) is 25.8 Å². The normalized spacial score (nSPS) is 22.6. The molecule has 1 amide bonds. The van der Waals surface area contributed by atoms with E-state index in [1.807, 2.05) is 6.92 Å². The number of carbonyl (C=O) groups is 1. The van der Waals surface area contributed by atoms with E-state index < -0.39 is 4.92 Å². The van der Waals surface area contributed by atoms with Crippen molar-refractivity contribution in [2.45, 2.75) is 31.8 Å². The summed E-state index contributed by atoms with van der Waals surface area (Å²) in [4.78, 5) is 24.4. The molecule has 1 saturated heterocycles. The van der Waals surface area contributed by atoms with Gasteiger partial charge in [0.25, 0.3) is 11.6 Å². The van der Waals surface area contributed by atoms with Crippen molar-refractivity contribution in [3.63, 3.8) is 0 Å². The molecule has 6 nitrogen and oxygen atoms in total. The number of nitro benzene ring substituents is 1.